The lowest BCUT2D eigenvalue weighted by Crippen LogP contribution is -2.14. The number of anilines is 3. The van der Waals surface area contributed by atoms with Crippen molar-refractivity contribution in [3.63, 3.8) is 0 Å². The Balaban J connectivity index is 2.19. The molecule has 0 fully saturated rings. The summed E-state index contributed by atoms with van der Waals surface area (Å²) < 4.78 is 14.0. The number of fused-ring (bicyclic) bond motifs is 1. The van der Waals surface area contributed by atoms with Gasteiger partial charge in [-0.2, -0.15) is 4.98 Å². The minimum absolute atomic E-state index is 0.199. The van der Waals surface area contributed by atoms with E-state index >= 15 is 0 Å². The van der Waals surface area contributed by atoms with Gasteiger partial charge in [-0.25, -0.2) is 9.37 Å². The molecule has 0 bridgehead atoms. The van der Waals surface area contributed by atoms with Gasteiger partial charge in [0.05, 0.1) is 11.1 Å². The molecule has 6 heteroatoms. The molecule has 2 heterocycles. The van der Waals surface area contributed by atoms with E-state index in [1.54, 1.807) is 41.5 Å². The highest BCUT2D eigenvalue weighted by molar-refractivity contribution is 7.18. The second kappa shape index (κ2) is 5.29. The Kier molecular flexibility index (Phi) is 3.47. The Morgan fingerprint density at radius 3 is 2.76 bits per heavy atom. The molecule has 3 rings (SSSR count). The maximum Gasteiger partial charge on any atom is 0.223 e. The number of hydrogen-bond acceptors (Lipinski definition) is 5. The predicted octanol–water partition coefficient (Wildman–Crippen LogP) is 3.74. The summed E-state index contributed by atoms with van der Waals surface area (Å²) in [6, 6.07) is 8.65. The number of hydrogen-bond donors (Lipinski definition) is 1. The fraction of sp³-hybridized carbons (Fsp3) is 0.200. The lowest BCUT2D eigenvalue weighted by atomic mass is 10.2. The fourth-order valence-electron chi connectivity index (χ4n) is 2.24. The van der Waals surface area contributed by atoms with E-state index in [0.717, 1.165) is 16.6 Å². The average molecular weight is 302 g/mol. The Labute approximate surface area is 126 Å². The number of nitrogens with two attached hydrogens (primary N) is 1. The van der Waals surface area contributed by atoms with Gasteiger partial charge in [0.15, 0.2) is 0 Å². The molecule has 108 valence electrons. The van der Waals surface area contributed by atoms with Crippen LogP contribution in [0.15, 0.2) is 30.3 Å². The van der Waals surface area contributed by atoms with E-state index in [-0.39, 0.29) is 11.8 Å². The Morgan fingerprint density at radius 1 is 1.29 bits per heavy atom. The Morgan fingerprint density at radius 2 is 2.05 bits per heavy atom. The summed E-state index contributed by atoms with van der Waals surface area (Å²) in [5.41, 5.74) is 6.25. The highest BCUT2D eigenvalue weighted by Crippen LogP contribution is 2.34. The third kappa shape index (κ3) is 2.42. The van der Waals surface area contributed by atoms with Crippen molar-refractivity contribution in [2.75, 3.05) is 17.7 Å². The van der Waals surface area contributed by atoms with Crippen molar-refractivity contribution in [3.05, 3.63) is 41.0 Å². The minimum atomic E-state index is -0.295. The topological polar surface area (TPSA) is 55.0 Å². The molecule has 0 spiro atoms. The number of benzene rings is 1. The van der Waals surface area contributed by atoms with Crippen LogP contribution in [-0.2, 0) is 6.42 Å². The Hall–Kier alpha value is -2.21. The van der Waals surface area contributed by atoms with Crippen LogP contribution in [0.3, 0.4) is 0 Å². The first-order chi connectivity index (χ1) is 10.1. The largest absolute Gasteiger partial charge is 0.368 e. The molecule has 0 atom stereocenters. The SMILES string of the molecule is CCc1cc2c(N(C)c3ccccc3F)nc(N)nc2s1. The number of aryl methyl sites for hydroxylation is 1. The first kappa shape index (κ1) is 13.8. The van der Waals surface area contributed by atoms with Crippen LogP contribution in [0.5, 0.6) is 0 Å². The molecule has 0 aliphatic heterocycles. The van der Waals surface area contributed by atoms with Crippen molar-refractivity contribution in [2.24, 2.45) is 0 Å². The fourth-order valence-corrected chi connectivity index (χ4v) is 3.21. The molecule has 0 saturated carbocycles. The van der Waals surface area contributed by atoms with Crippen molar-refractivity contribution in [2.45, 2.75) is 13.3 Å². The zero-order valence-electron chi connectivity index (χ0n) is 11.8. The molecular formula is C15H15FN4S. The van der Waals surface area contributed by atoms with Gasteiger partial charge in [0, 0.05) is 11.9 Å². The lowest BCUT2D eigenvalue weighted by molar-refractivity contribution is 0.627. The molecule has 0 amide bonds. The van der Waals surface area contributed by atoms with Gasteiger partial charge in [0.1, 0.15) is 16.5 Å². The van der Waals surface area contributed by atoms with Gasteiger partial charge in [0.2, 0.25) is 5.95 Å². The quantitative estimate of drug-likeness (QED) is 0.800. The van der Waals surface area contributed by atoms with Crippen molar-refractivity contribution >= 4 is 39.0 Å². The third-order valence-corrected chi connectivity index (χ3v) is 4.49. The van der Waals surface area contributed by atoms with E-state index in [9.17, 15) is 4.39 Å². The maximum absolute atomic E-state index is 14.0. The van der Waals surface area contributed by atoms with Gasteiger partial charge in [-0.15, -0.1) is 11.3 Å². The Bertz CT molecular complexity index is 799. The predicted molar refractivity (Wildman–Crippen MR) is 85.7 cm³/mol. The molecule has 0 unspecified atom stereocenters. The van der Waals surface area contributed by atoms with Gasteiger partial charge in [-0.3, -0.25) is 0 Å². The second-order valence-electron chi connectivity index (χ2n) is 4.70. The number of aromatic nitrogens is 2. The summed E-state index contributed by atoms with van der Waals surface area (Å²) in [6.07, 6.45) is 0.920. The number of rotatable bonds is 3. The summed E-state index contributed by atoms with van der Waals surface area (Å²) in [7, 11) is 1.78. The van der Waals surface area contributed by atoms with Crippen LogP contribution in [0.25, 0.3) is 10.2 Å². The minimum Gasteiger partial charge on any atom is -0.368 e. The number of nitrogens with zero attached hydrogens (tertiary/aromatic N) is 3. The summed E-state index contributed by atoms with van der Waals surface area (Å²) in [5, 5.41) is 0.900. The van der Waals surface area contributed by atoms with Crippen molar-refractivity contribution in [1.82, 2.24) is 9.97 Å². The van der Waals surface area contributed by atoms with Gasteiger partial charge < -0.3 is 10.6 Å². The molecule has 0 aliphatic carbocycles. The second-order valence-corrected chi connectivity index (χ2v) is 5.82. The lowest BCUT2D eigenvalue weighted by Gasteiger charge is -2.19. The highest BCUT2D eigenvalue weighted by atomic mass is 32.1. The van der Waals surface area contributed by atoms with E-state index in [1.807, 2.05) is 6.07 Å². The molecule has 2 N–H and O–H groups in total. The van der Waals surface area contributed by atoms with Crippen LogP contribution in [-0.4, -0.2) is 17.0 Å². The van der Waals surface area contributed by atoms with E-state index < -0.39 is 0 Å². The van der Waals surface area contributed by atoms with Crippen molar-refractivity contribution in [1.29, 1.82) is 0 Å². The van der Waals surface area contributed by atoms with Crippen molar-refractivity contribution in [3.8, 4) is 0 Å². The van der Waals surface area contributed by atoms with Gasteiger partial charge >= 0.3 is 0 Å². The number of halogens is 1. The molecule has 0 radical (unpaired) electrons. The number of para-hydroxylation sites is 1. The van der Waals surface area contributed by atoms with E-state index in [4.69, 9.17) is 5.73 Å². The molecular weight excluding hydrogens is 287 g/mol. The number of thiophene rings is 1. The van der Waals surface area contributed by atoms with Crippen LogP contribution < -0.4 is 10.6 Å². The first-order valence-corrected chi connectivity index (χ1v) is 7.46. The van der Waals surface area contributed by atoms with Gasteiger partial charge in [-0.05, 0) is 24.6 Å². The summed E-state index contributed by atoms with van der Waals surface area (Å²) in [5.74, 6) is 0.528. The van der Waals surface area contributed by atoms with E-state index in [1.165, 1.54) is 10.9 Å². The normalized spacial score (nSPS) is 11.0. The average Bonchev–Trinajstić information content (AvgIpc) is 2.89. The maximum atomic E-state index is 14.0. The van der Waals surface area contributed by atoms with Gasteiger partial charge in [-0.1, -0.05) is 19.1 Å². The monoisotopic (exact) mass is 302 g/mol. The molecule has 4 nitrogen and oxygen atoms in total. The van der Waals surface area contributed by atoms with E-state index in [2.05, 4.69) is 16.9 Å². The smallest absolute Gasteiger partial charge is 0.223 e. The highest BCUT2D eigenvalue weighted by Gasteiger charge is 2.16. The van der Waals surface area contributed by atoms with E-state index in [0.29, 0.717) is 11.5 Å². The molecule has 1 aromatic carbocycles. The van der Waals surface area contributed by atoms with Gasteiger partial charge in [0.25, 0.3) is 0 Å². The van der Waals surface area contributed by atoms with Crippen LogP contribution in [0.2, 0.25) is 0 Å². The molecule has 3 aromatic rings. The molecule has 2 aromatic heterocycles. The standard InChI is InChI=1S/C15H15FN4S/c1-3-9-8-10-13(18-15(17)19-14(10)21-9)20(2)12-7-5-4-6-11(12)16/h4-8H,3H2,1-2H3,(H2,17,18,19). The third-order valence-electron chi connectivity index (χ3n) is 3.32. The first-order valence-electron chi connectivity index (χ1n) is 6.64. The van der Waals surface area contributed by atoms with Crippen LogP contribution in [0, 0.1) is 5.82 Å². The summed E-state index contributed by atoms with van der Waals surface area (Å²) >= 11 is 1.59. The zero-order valence-corrected chi connectivity index (χ0v) is 12.6. The van der Waals surface area contributed by atoms with Crippen LogP contribution in [0.4, 0.5) is 21.8 Å². The van der Waals surface area contributed by atoms with Crippen LogP contribution in [0.1, 0.15) is 11.8 Å². The molecule has 21 heavy (non-hydrogen) atoms. The number of nitrogen functional groups attached to an aromatic ring is 1. The molecule has 0 saturated heterocycles. The van der Waals surface area contributed by atoms with Crippen molar-refractivity contribution < 1.29 is 4.39 Å². The zero-order chi connectivity index (χ0) is 15.0. The van der Waals surface area contributed by atoms with Crippen LogP contribution >= 0.6 is 11.3 Å². The summed E-state index contributed by atoms with van der Waals surface area (Å²) in [6.45, 7) is 2.09. The molecule has 0 aliphatic rings. The summed E-state index contributed by atoms with van der Waals surface area (Å²) in [4.78, 5) is 12.3.